The van der Waals surface area contributed by atoms with Crippen molar-refractivity contribution in [2.75, 3.05) is 11.9 Å². The minimum atomic E-state index is -0.622. The number of amides is 2. The summed E-state index contributed by atoms with van der Waals surface area (Å²) in [5.74, 6) is -0.299. The van der Waals surface area contributed by atoms with Crippen molar-refractivity contribution in [3.05, 3.63) is 66.2 Å². The zero-order valence-electron chi connectivity index (χ0n) is 15.4. The summed E-state index contributed by atoms with van der Waals surface area (Å²) in [6, 6.07) is 18.4. The fourth-order valence-corrected chi connectivity index (χ4v) is 2.69. The lowest BCUT2D eigenvalue weighted by molar-refractivity contribution is -0.127. The lowest BCUT2D eigenvalue weighted by atomic mass is 10.0. The van der Waals surface area contributed by atoms with Gasteiger partial charge in [0.1, 0.15) is 6.04 Å². The number of likely N-dealkylation sites (N-methyl/N-ethyl adjacent to an activating group) is 1. The highest BCUT2D eigenvalue weighted by molar-refractivity contribution is 5.98. The van der Waals surface area contributed by atoms with Gasteiger partial charge >= 0.3 is 0 Å². The minimum absolute atomic E-state index is 0.0454. The van der Waals surface area contributed by atoms with Gasteiger partial charge in [-0.15, -0.1) is 0 Å². The Balaban J connectivity index is 2.13. The summed E-state index contributed by atoms with van der Waals surface area (Å²) in [6.45, 7) is 1.86. The van der Waals surface area contributed by atoms with Crippen LogP contribution in [0.4, 0.5) is 5.69 Å². The Morgan fingerprint density at radius 3 is 2.19 bits per heavy atom. The van der Waals surface area contributed by atoms with Crippen molar-refractivity contribution in [3.8, 4) is 0 Å². The molecule has 0 spiro atoms. The lowest BCUT2D eigenvalue weighted by Crippen LogP contribution is -2.49. The summed E-state index contributed by atoms with van der Waals surface area (Å²) < 4.78 is 0. The highest BCUT2D eigenvalue weighted by Crippen LogP contribution is 2.14. The van der Waals surface area contributed by atoms with Crippen LogP contribution in [-0.2, 0) is 16.0 Å². The van der Waals surface area contributed by atoms with Crippen molar-refractivity contribution >= 4 is 17.5 Å². The van der Waals surface area contributed by atoms with Gasteiger partial charge in [-0.2, -0.15) is 0 Å². The summed E-state index contributed by atoms with van der Waals surface area (Å²) in [6.07, 6.45) is 1.35. The van der Waals surface area contributed by atoms with Crippen LogP contribution in [-0.4, -0.2) is 30.9 Å². The predicted octanol–water partition coefficient (Wildman–Crippen LogP) is 2.50. The zero-order chi connectivity index (χ0) is 18.9. The molecule has 0 aliphatic carbocycles. The Morgan fingerprint density at radius 1 is 1.04 bits per heavy atom. The summed E-state index contributed by atoms with van der Waals surface area (Å²) in [7, 11) is 1.73. The van der Waals surface area contributed by atoms with Gasteiger partial charge in [0.2, 0.25) is 11.8 Å². The van der Waals surface area contributed by atoms with E-state index in [0.717, 1.165) is 11.3 Å². The predicted molar refractivity (Wildman–Crippen MR) is 105 cm³/mol. The number of carbonyl (C=O) groups excluding carboxylic acids is 2. The molecule has 0 fully saturated rings. The Bertz CT molecular complexity index is 702. The van der Waals surface area contributed by atoms with Gasteiger partial charge < -0.3 is 16.0 Å². The number of hydrogen-bond donors (Lipinski definition) is 2. The van der Waals surface area contributed by atoms with Crippen LogP contribution >= 0.6 is 0 Å². The molecule has 5 nitrogen and oxygen atoms in total. The maximum Gasteiger partial charge on any atom is 0.249 e. The first-order chi connectivity index (χ1) is 12.5. The number of benzene rings is 2. The molecule has 0 aromatic heterocycles. The van der Waals surface area contributed by atoms with Crippen LogP contribution in [0.5, 0.6) is 0 Å². The SMILES string of the molecule is CC(N)CCC(=O)N[C@@H](Cc1ccccc1)C(=O)N(C)c1ccccc1. The van der Waals surface area contributed by atoms with E-state index >= 15 is 0 Å². The van der Waals surface area contributed by atoms with E-state index in [1.165, 1.54) is 0 Å². The van der Waals surface area contributed by atoms with Gasteiger partial charge in [-0.1, -0.05) is 48.5 Å². The van der Waals surface area contributed by atoms with E-state index in [0.29, 0.717) is 19.3 Å². The fraction of sp³-hybridized carbons (Fsp3) is 0.333. The Hall–Kier alpha value is -2.66. The molecule has 2 atom stereocenters. The first-order valence-electron chi connectivity index (χ1n) is 8.89. The van der Waals surface area contributed by atoms with Gasteiger partial charge in [0.05, 0.1) is 0 Å². The van der Waals surface area contributed by atoms with Crippen LogP contribution in [0, 0.1) is 0 Å². The van der Waals surface area contributed by atoms with Gasteiger partial charge in [-0.3, -0.25) is 9.59 Å². The average Bonchev–Trinajstić information content (AvgIpc) is 2.66. The van der Waals surface area contributed by atoms with Crippen LogP contribution in [0.15, 0.2) is 60.7 Å². The molecule has 26 heavy (non-hydrogen) atoms. The molecular weight excluding hydrogens is 326 g/mol. The first-order valence-corrected chi connectivity index (χ1v) is 8.89. The van der Waals surface area contributed by atoms with Crippen LogP contribution in [0.1, 0.15) is 25.3 Å². The zero-order valence-corrected chi connectivity index (χ0v) is 15.4. The number of rotatable bonds is 8. The summed E-state index contributed by atoms with van der Waals surface area (Å²) in [5.41, 5.74) is 7.52. The van der Waals surface area contributed by atoms with Crippen molar-refractivity contribution in [1.82, 2.24) is 5.32 Å². The van der Waals surface area contributed by atoms with E-state index in [1.807, 2.05) is 67.6 Å². The maximum atomic E-state index is 13.0. The second kappa shape index (κ2) is 9.73. The molecule has 0 radical (unpaired) electrons. The number of carbonyl (C=O) groups is 2. The number of nitrogens with two attached hydrogens (primary N) is 1. The quantitative estimate of drug-likeness (QED) is 0.766. The van der Waals surface area contributed by atoms with Gasteiger partial charge in [0, 0.05) is 31.6 Å². The molecule has 1 unspecified atom stereocenters. The van der Waals surface area contributed by atoms with Crippen molar-refractivity contribution < 1.29 is 9.59 Å². The number of anilines is 1. The first kappa shape index (κ1) is 19.7. The summed E-state index contributed by atoms with van der Waals surface area (Å²) in [4.78, 5) is 26.9. The Kier molecular flexibility index (Phi) is 7.36. The summed E-state index contributed by atoms with van der Waals surface area (Å²) >= 11 is 0. The van der Waals surface area contributed by atoms with Gasteiger partial charge in [-0.05, 0) is 31.0 Å². The van der Waals surface area contributed by atoms with E-state index in [1.54, 1.807) is 11.9 Å². The van der Waals surface area contributed by atoms with E-state index in [2.05, 4.69) is 5.32 Å². The van der Waals surface area contributed by atoms with Gasteiger partial charge in [0.25, 0.3) is 0 Å². The molecule has 0 saturated heterocycles. The molecule has 2 aromatic rings. The Labute approximate surface area is 155 Å². The third-order valence-electron chi connectivity index (χ3n) is 4.22. The molecule has 0 bridgehead atoms. The number of hydrogen-bond acceptors (Lipinski definition) is 3. The van der Waals surface area contributed by atoms with E-state index in [4.69, 9.17) is 5.73 Å². The lowest BCUT2D eigenvalue weighted by Gasteiger charge is -2.25. The molecule has 138 valence electrons. The number of nitrogens with zero attached hydrogens (tertiary/aromatic N) is 1. The molecule has 2 aromatic carbocycles. The smallest absolute Gasteiger partial charge is 0.249 e. The van der Waals surface area contributed by atoms with Gasteiger partial charge in [-0.25, -0.2) is 0 Å². The van der Waals surface area contributed by atoms with Crippen LogP contribution < -0.4 is 16.0 Å². The number of para-hydroxylation sites is 1. The molecule has 5 heteroatoms. The Morgan fingerprint density at radius 2 is 1.62 bits per heavy atom. The van der Waals surface area contributed by atoms with Gasteiger partial charge in [0.15, 0.2) is 0 Å². The topological polar surface area (TPSA) is 75.4 Å². The molecular formula is C21H27N3O2. The second-order valence-electron chi connectivity index (χ2n) is 6.56. The van der Waals surface area contributed by atoms with Crippen molar-refractivity contribution in [1.29, 1.82) is 0 Å². The number of nitrogens with one attached hydrogen (secondary N) is 1. The molecule has 0 saturated carbocycles. The van der Waals surface area contributed by atoms with E-state index < -0.39 is 6.04 Å². The third kappa shape index (κ3) is 6.01. The van der Waals surface area contributed by atoms with Crippen LogP contribution in [0.3, 0.4) is 0 Å². The highest BCUT2D eigenvalue weighted by Gasteiger charge is 2.25. The van der Waals surface area contributed by atoms with Crippen LogP contribution in [0.25, 0.3) is 0 Å². The maximum absolute atomic E-state index is 13.0. The van der Waals surface area contributed by atoms with E-state index in [9.17, 15) is 9.59 Å². The third-order valence-corrected chi connectivity index (χ3v) is 4.22. The molecule has 0 aliphatic heterocycles. The second-order valence-corrected chi connectivity index (χ2v) is 6.56. The standard InChI is InChI=1S/C21H27N3O2/c1-16(22)13-14-20(25)23-19(15-17-9-5-3-6-10-17)21(26)24(2)18-11-7-4-8-12-18/h3-12,16,19H,13-15,22H2,1-2H3,(H,23,25)/t16?,19-/m0/s1. The normalized spacial score (nSPS) is 12.9. The highest BCUT2D eigenvalue weighted by atomic mass is 16.2. The van der Waals surface area contributed by atoms with Crippen molar-refractivity contribution in [2.45, 2.75) is 38.3 Å². The molecule has 0 heterocycles. The average molecular weight is 353 g/mol. The molecule has 2 rings (SSSR count). The van der Waals surface area contributed by atoms with Crippen molar-refractivity contribution in [3.63, 3.8) is 0 Å². The fourth-order valence-electron chi connectivity index (χ4n) is 2.69. The molecule has 0 aliphatic rings. The molecule has 3 N–H and O–H groups in total. The minimum Gasteiger partial charge on any atom is -0.344 e. The van der Waals surface area contributed by atoms with E-state index in [-0.39, 0.29) is 17.9 Å². The van der Waals surface area contributed by atoms with Crippen molar-refractivity contribution in [2.24, 2.45) is 5.73 Å². The monoisotopic (exact) mass is 353 g/mol. The molecule has 2 amide bonds. The van der Waals surface area contributed by atoms with Crippen LogP contribution in [0.2, 0.25) is 0 Å². The summed E-state index contributed by atoms with van der Waals surface area (Å²) in [5, 5.41) is 2.89. The largest absolute Gasteiger partial charge is 0.344 e.